The van der Waals surface area contributed by atoms with E-state index in [1.807, 2.05) is 25.4 Å². The molecule has 0 bridgehead atoms. The van der Waals surface area contributed by atoms with E-state index in [1.165, 1.54) is 0 Å². The van der Waals surface area contributed by atoms with Crippen LogP contribution in [0.15, 0.2) is 30.3 Å². The van der Waals surface area contributed by atoms with Crippen molar-refractivity contribution < 1.29 is 19.2 Å². The van der Waals surface area contributed by atoms with E-state index < -0.39 is 11.9 Å². The maximum Gasteiger partial charge on any atom is 0.332 e. The molecule has 5 heteroatoms. The molecule has 1 aromatic carbocycles. The molecule has 1 N–H and O–H groups in total. The summed E-state index contributed by atoms with van der Waals surface area (Å²) in [6.45, 7) is 3.59. The van der Waals surface area contributed by atoms with Crippen LogP contribution in [0.3, 0.4) is 0 Å². The second-order valence-corrected chi connectivity index (χ2v) is 4.20. The Hall–Kier alpha value is -2.04. The summed E-state index contributed by atoms with van der Waals surface area (Å²) in [6, 6.07) is 8.92. The molecule has 0 aliphatic carbocycles. The van der Waals surface area contributed by atoms with Crippen LogP contribution in [-0.2, 0) is 14.4 Å². The summed E-state index contributed by atoms with van der Waals surface area (Å²) in [6.07, 6.45) is 0.264. The fourth-order valence-corrected chi connectivity index (χ4v) is 1.18. The number of hydrogen-bond acceptors (Lipinski definition) is 4. The second-order valence-electron chi connectivity index (χ2n) is 4.20. The van der Waals surface area contributed by atoms with E-state index in [0.717, 1.165) is 0 Å². The zero-order valence-electron chi connectivity index (χ0n) is 10.5. The largest absolute Gasteiger partial charge is 0.484 e. The minimum absolute atomic E-state index is 0.190. The van der Waals surface area contributed by atoms with Gasteiger partial charge >= 0.3 is 5.97 Å². The highest BCUT2D eigenvalue weighted by atomic mass is 16.7. The lowest BCUT2D eigenvalue weighted by atomic mass is 10.1. The first-order valence-electron chi connectivity index (χ1n) is 5.74. The van der Waals surface area contributed by atoms with Gasteiger partial charge in [-0.15, -0.1) is 0 Å². The normalized spacial score (nSPS) is 9.94. The highest BCUT2D eigenvalue weighted by molar-refractivity contribution is 5.79. The minimum Gasteiger partial charge on any atom is -0.484 e. The molecular formula is C13H17NO4. The van der Waals surface area contributed by atoms with E-state index in [-0.39, 0.29) is 18.9 Å². The van der Waals surface area contributed by atoms with Crippen molar-refractivity contribution in [2.75, 3.05) is 6.61 Å². The molecule has 0 fully saturated rings. The van der Waals surface area contributed by atoms with Crippen molar-refractivity contribution >= 4 is 11.9 Å². The SMILES string of the molecule is CC(C)CC(=O)ONC(=O)COc1ccccc1. The number of carbonyl (C=O) groups excluding carboxylic acids is 2. The quantitative estimate of drug-likeness (QED) is 0.809. The van der Waals surface area contributed by atoms with Crippen LogP contribution in [0.2, 0.25) is 0 Å². The van der Waals surface area contributed by atoms with Gasteiger partial charge in [-0.25, -0.2) is 4.79 Å². The Kier molecular flexibility index (Phi) is 5.70. The Morgan fingerprint density at radius 1 is 1.22 bits per heavy atom. The van der Waals surface area contributed by atoms with Gasteiger partial charge in [-0.2, -0.15) is 5.48 Å². The minimum atomic E-state index is -0.504. The Balaban J connectivity index is 2.20. The number of carbonyl (C=O) groups is 2. The number of hydrogen-bond donors (Lipinski definition) is 1. The number of hydroxylamine groups is 1. The molecule has 0 heterocycles. The topological polar surface area (TPSA) is 64.6 Å². The molecular weight excluding hydrogens is 234 g/mol. The molecule has 1 amide bonds. The summed E-state index contributed by atoms with van der Waals surface area (Å²) in [5.41, 5.74) is 2.04. The van der Waals surface area contributed by atoms with Crippen LogP contribution < -0.4 is 10.2 Å². The van der Waals surface area contributed by atoms with Gasteiger partial charge in [0.1, 0.15) is 5.75 Å². The summed E-state index contributed by atoms with van der Waals surface area (Å²) in [7, 11) is 0. The third kappa shape index (κ3) is 5.89. The molecule has 0 unspecified atom stereocenters. The van der Waals surface area contributed by atoms with E-state index in [9.17, 15) is 9.59 Å². The lowest BCUT2D eigenvalue weighted by molar-refractivity contribution is -0.159. The van der Waals surface area contributed by atoms with Crippen molar-refractivity contribution in [2.45, 2.75) is 20.3 Å². The van der Waals surface area contributed by atoms with Crippen LogP contribution in [0.5, 0.6) is 5.75 Å². The van der Waals surface area contributed by atoms with E-state index in [4.69, 9.17) is 4.74 Å². The van der Waals surface area contributed by atoms with Gasteiger partial charge in [0.25, 0.3) is 5.91 Å². The number of amides is 1. The number of para-hydroxylation sites is 1. The lowest BCUT2D eigenvalue weighted by Crippen LogP contribution is -2.31. The summed E-state index contributed by atoms with van der Waals surface area (Å²) in [5.74, 6) is -0.190. The molecule has 0 spiro atoms. The highest BCUT2D eigenvalue weighted by Crippen LogP contribution is 2.07. The van der Waals surface area contributed by atoms with Crippen molar-refractivity contribution in [3.05, 3.63) is 30.3 Å². The highest BCUT2D eigenvalue weighted by Gasteiger charge is 2.09. The maximum absolute atomic E-state index is 11.3. The van der Waals surface area contributed by atoms with Crippen LogP contribution in [0, 0.1) is 5.92 Å². The van der Waals surface area contributed by atoms with Crippen molar-refractivity contribution in [1.82, 2.24) is 5.48 Å². The molecule has 0 aromatic heterocycles. The van der Waals surface area contributed by atoms with Crippen LogP contribution in [-0.4, -0.2) is 18.5 Å². The first-order valence-corrected chi connectivity index (χ1v) is 5.74. The van der Waals surface area contributed by atoms with Gasteiger partial charge in [-0.3, -0.25) is 4.79 Å². The standard InChI is InChI=1S/C13H17NO4/c1-10(2)8-13(16)18-14-12(15)9-17-11-6-4-3-5-7-11/h3-7,10H,8-9H2,1-2H3,(H,14,15). The van der Waals surface area contributed by atoms with Gasteiger partial charge in [0, 0.05) is 0 Å². The van der Waals surface area contributed by atoms with Gasteiger partial charge in [-0.05, 0) is 18.1 Å². The summed E-state index contributed by atoms with van der Waals surface area (Å²) >= 11 is 0. The zero-order valence-corrected chi connectivity index (χ0v) is 10.5. The monoisotopic (exact) mass is 251 g/mol. The predicted octanol–water partition coefficient (Wildman–Crippen LogP) is 1.69. The van der Waals surface area contributed by atoms with E-state index >= 15 is 0 Å². The van der Waals surface area contributed by atoms with E-state index in [1.54, 1.807) is 24.3 Å². The first-order chi connectivity index (χ1) is 8.58. The van der Waals surface area contributed by atoms with Gasteiger partial charge in [0.05, 0.1) is 6.42 Å². The molecule has 0 atom stereocenters. The molecule has 98 valence electrons. The summed E-state index contributed by atoms with van der Waals surface area (Å²) in [4.78, 5) is 27.0. The fraction of sp³-hybridized carbons (Fsp3) is 0.385. The van der Waals surface area contributed by atoms with Gasteiger partial charge in [0.15, 0.2) is 6.61 Å². The maximum atomic E-state index is 11.3. The smallest absolute Gasteiger partial charge is 0.332 e. The Bertz CT molecular complexity index is 389. The predicted molar refractivity (Wildman–Crippen MR) is 65.6 cm³/mol. The third-order valence-electron chi connectivity index (χ3n) is 1.97. The second kappa shape index (κ2) is 7.32. The van der Waals surface area contributed by atoms with Crippen molar-refractivity contribution in [2.24, 2.45) is 5.92 Å². The molecule has 5 nitrogen and oxygen atoms in total. The van der Waals surface area contributed by atoms with E-state index in [0.29, 0.717) is 5.75 Å². The first kappa shape index (κ1) is 14.0. The summed E-state index contributed by atoms with van der Waals surface area (Å²) < 4.78 is 5.18. The van der Waals surface area contributed by atoms with Gasteiger partial charge < -0.3 is 9.57 Å². The molecule has 1 aromatic rings. The fourth-order valence-electron chi connectivity index (χ4n) is 1.18. The average Bonchev–Trinajstić information content (AvgIpc) is 2.34. The van der Waals surface area contributed by atoms with Crippen molar-refractivity contribution in [3.63, 3.8) is 0 Å². The van der Waals surface area contributed by atoms with Crippen LogP contribution in [0.4, 0.5) is 0 Å². The van der Waals surface area contributed by atoms with Crippen LogP contribution in [0.1, 0.15) is 20.3 Å². The van der Waals surface area contributed by atoms with Crippen molar-refractivity contribution in [1.29, 1.82) is 0 Å². The Labute approximate surface area is 106 Å². The number of benzene rings is 1. The number of rotatable bonds is 5. The number of ether oxygens (including phenoxy) is 1. The zero-order chi connectivity index (χ0) is 13.4. The van der Waals surface area contributed by atoms with E-state index in [2.05, 4.69) is 4.84 Å². The van der Waals surface area contributed by atoms with Gasteiger partial charge in [-0.1, -0.05) is 32.0 Å². The number of nitrogens with one attached hydrogen (secondary N) is 1. The van der Waals surface area contributed by atoms with Gasteiger partial charge in [0.2, 0.25) is 0 Å². The molecule has 0 saturated heterocycles. The molecule has 0 saturated carbocycles. The lowest BCUT2D eigenvalue weighted by Gasteiger charge is -2.08. The van der Waals surface area contributed by atoms with Crippen molar-refractivity contribution in [3.8, 4) is 5.75 Å². The average molecular weight is 251 g/mol. The molecule has 0 aliphatic heterocycles. The summed E-state index contributed by atoms with van der Waals surface area (Å²) in [5, 5.41) is 0. The molecule has 0 aliphatic rings. The third-order valence-corrected chi connectivity index (χ3v) is 1.97. The van der Waals surface area contributed by atoms with Crippen LogP contribution >= 0.6 is 0 Å². The van der Waals surface area contributed by atoms with Crippen LogP contribution in [0.25, 0.3) is 0 Å². The molecule has 1 rings (SSSR count). The molecule has 0 radical (unpaired) electrons. The Morgan fingerprint density at radius 3 is 2.50 bits per heavy atom. The Morgan fingerprint density at radius 2 is 1.89 bits per heavy atom. The molecule has 18 heavy (non-hydrogen) atoms.